The third-order valence-corrected chi connectivity index (χ3v) is 4.17. The molecule has 0 unspecified atom stereocenters. The van der Waals surface area contributed by atoms with Gasteiger partial charge in [-0.2, -0.15) is 0 Å². The average Bonchev–Trinajstić information content (AvgIpc) is 2.74. The Morgan fingerprint density at radius 3 is 2.40 bits per heavy atom. The van der Waals surface area contributed by atoms with Gasteiger partial charge in [-0.15, -0.1) is 0 Å². The van der Waals surface area contributed by atoms with Gasteiger partial charge in [0.05, 0.1) is 12.2 Å². The molecule has 156 valence electrons. The van der Waals surface area contributed by atoms with Gasteiger partial charge in [-0.3, -0.25) is 0 Å². The van der Waals surface area contributed by atoms with Gasteiger partial charge in [0.2, 0.25) is 0 Å². The van der Waals surface area contributed by atoms with Crippen LogP contribution >= 0.6 is 0 Å². The van der Waals surface area contributed by atoms with E-state index in [1.807, 2.05) is 0 Å². The fourth-order valence-corrected chi connectivity index (χ4v) is 2.64. The summed E-state index contributed by atoms with van der Waals surface area (Å²) < 4.78 is 43.2. The maximum absolute atomic E-state index is 13.8. The van der Waals surface area contributed by atoms with Gasteiger partial charge in [0, 0.05) is 11.8 Å². The molecule has 3 aromatic rings. The summed E-state index contributed by atoms with van der Waals surface area (Å²) in [5.74, 6) is -1.03. The first-order chi connectivity index (χ1) is 14.5. The molecule has 2 N–H and O–H groups in total. The van der Waals surface area contributed by atoms with Crippen molar-refractivity contribution in [3.63, 3.8) is 0 Å². The number of hydrogen-bond donors (Lipinski definition) is 1. The third-order valence-electron chi connectivity index (χ3n) is 4.17. The maximum atomic E-state index is 13.8. The molecule has 1 aromatic heterocycles. The summed E-state index contributed by atoms with van der Waals surface area (Å²) in [6.45, 7) is 1.51. The highest BCUT2D eigenvalue weighted by atomic mass is 19.1. The van der Waals surface area contributed by atoms with Crippen LogP contribution in [-0.2, 0) is 16.1 Å². The summed E-state index contributed by atoms with van der Waals surface area (Å²) in [4.78, 5) is 15.4. The van der Waals surface area contributed by atoms with E-state index in [4.69, 9.17) is 19.9 Å². The predicted molar refractivity (Wildman–Crippen MR) is 107 cm³/mol. The number of halogens is 2. The van der Waals surface area contributed by atoms with E-state index in [1.165, 1.54) is 6.07 Å². The number of nitrogens with zero attached hydrogens (tertiary/aromatic N) is 1. The summed E-state index contributed by atoms with van der Waals surface area (Å²) in [6, 6.07) is 12.2. The van der Waals surface area contributed by atoms with Crippen LogP contribution in [0.15, 0.2) is 54.7 Å². The lowest BCUT2D eigenvalue weighted by Crippen LogP contribution is -2.14. The van der Waals surface area contributed by atoms with Crippen LogP contribution < -0.4 is 15.2 Å². The minimum atomic E-state index is -0.698. The largest absolute Gasteiger partial charge is 0.485 e. The van der Waals surface area contributed by atoms with Crippen LogP contribution in [0.4, 0.5) is 14.6 Å². The number of nitrogens with two attached hydrogens (primary N) is 1. The van der Waals surface area contributed by atoms with E-state index in [9.17, 15) is 13.6 Å². The van der Waals surface area contributed by atoms with Crippen molar-refractivity contribution in [1.29, 1.82) is 0 Å². The van der Waals surface area contributed by atoms with Crippen molar-refractivity contribution in [3.8, 4) is 22.6 Å². The van der Waals surface area contributed by atoms with E-state index in [-0.39, 0.29) is 30.3 Å². The number of carbonyl (C=O) groups is 1. The molecule has 6 nitrogen and oxygen atoms in total. The highest BCUT2D eigenvalue weighted by molar-refractivity contribution is 5.71. The molecule has 0 aliphatic rings. The number of benzene rings is 2. The molecule has 0 fully saturated rings. The van der Waals surface area contributed by atoms with Crippen molar-refractivity contribution in [2.75, 3.05) is 18.9 Å². The topological polar surface area (TPSA) is 83.7 Å². The molecule has 0 radical (unpaired) electrons. The van der Waals surface area contributed by atoms with Crippen LogP contribution in [-0.4, -0.2) is 24.2 Å². The normalized spacial score (nSPS) is 10.5. The summed E-state index contributed by atoms with van der Waals surface area (Å²) in [7, 11) is 0. The van der Waals surface area contributed by atoms with Gasteiger partial charge in [-0.05, 0) is 42.8 Å². The second kappa shape index (κ2) is 9.69. The Morgan fingerprint density at radius 1 is 1.03 bits per heavy atom. The van der Waals surface area contributed by atoms with Crippen molar-refractivity contribution >= 4 is 11.8 Å². The predicted octanol–water partition coefficient (Wildman–Crippen LogP) is 4.13. The quantitative estimate of drug-likeness (QED) is 0.558. The second-order valence-corrected chi connectivity index (χ2v) is 6.21. The molecule has 0 amide bonds. The van der Waals surface area contributed by atoms with E-state index < -0.39 is 17.6 Å². The molecule has 0 bridgehead atoms. The first-order valence-corrected chi connectivity index (χ1v) is 9.18. The molecule has 0 saturated heterocycles. The minimum absolute atomic E-state index is 0.102. The molecule has 0 atom stereocenters. The lowest BCUT2D eigenvalue weighted by atomic mass is 10.1. The molecule has 0 spiro atoms. The maximum Gasteiger partial charge on any atom is 0.344 e. The third kappa shape index (κ3) is 5.22. The van der Waals surface area contributed by atoms with E-state index >= 15 is 0 Å². The van der Waals surface area contributed by atoms with Crippen molar-refractivity contribution < 1.29 is 27.8 Å². The van der Waals surface area contributed by atoms with Crippen LogP contribution in [0.25, 0.3) is 11.1 Å². The fraction of sp³-hybridized carbons (Fsp3) is 0.182. The van der Waals surface area contributed by atoms with Gasteiger partial charge in [0.25, 0.3) is 0 Å². The molecule has 0 aliphatic heterocycles. The number of anilines is 1. The Bertz CT molecular complexity index is 1010. The molecule has 30 heavy (non-hydrogen) atoms. The van der Waals surface area contributed by atoms with E-state index in [2.05, 4.69) is 4.98 Å². The first kappa shape index (κ1) is 21.0. The molecule has 1 heterocycles. The Morgan fingerprint density at radius 2 is 1.73 bits per heavy atom. The fourth-order valence-electron chi connectivity index (χ4n) is 2.64. The summed E-state index contributed by atoms with van der Waals surface area (Å²) in [5, 5.41) is 0. The Labute approximate surface area is 172 Å². The van der Waals surface area contributed by atoms with Crippen LogP contribution in [0.5, 0.6) is 11.5 Å². The summed E-state index contributed by atoms with van der Waals surface area (Å²) in [5.41, 5.74) is 7.12. The zero-order valence-corrected chi connectivity index (χ0v) is 16.2. The van der Waals surface area contributed by atoms with Crippen LogP contribution in [0, 0.1) is 11.6 Å². The second-order valence-electron chi connectivity index (χ2n) is 6.21. The van der Waals surface area contributed by atoms with E-state index in [0.29, 0.717) is 17.9 Å². The van der Waals surface area contributed by atoms with Gasteiger partial charge in [-0.25, -0.2) is 18.6 Å². The number of ether oxygens (including phenoxy) is 3. The number of pyridine rings is 1. The smallest absolute Gasteiger partial charge is 0.344 e. The van der Waals surface area contributed by atoms with Gasteiger partial charge in [-0.1, -0.05) is 18.2 Å². The molecular weight excluding hydrogens is 394 g/mol. The van der Waals surface area contributed by atoms with E-state index in [0.717, 1.165) is 17.7 Å². The standard InChI is InChI=1S/C22H20F2N2O4/c1-2-28-21(27)13-29-16-8-6-14(7-9-16)15-10-20(22(25)26-11-15)30-12-17-18(23)4-3-5-19(17)24/h3-11H,2,12-13H2,1H3,(H2,25,26). The Kier molecular flexibility index (Phi) is 6.79. The highest BCUT2D eigenvalue weighted by Gasteiger charge is 2.12. The molecule has 0 aliphatic carbocycles. The zero-order chi connectivity index (χ0) is 21.5. The van der Waals surface area contributed by atoms with Crippen molar-refractivity contribution in [2.45, 2.75) is 13.5 Å². The Balaban J connectivity index is 1.71. The van der Waals surface area contributed by atoms with Crippen molar-refractivity contribution in [3.05, 3.63) is 71.9 Å². The number of nitrogen functional groups attached to an aromatic ring is 1. The number of esters is 1. The van der Waals surface area contributed by atoms with E-state index in [1.54, 1.807) is 43.5 Å². The average molecular weight is 414 g/mol. The van der Waals surface area contributed by atoms with Crippen LogP contribution in [0.1, 0.15) is 12.5 Å². The first-order valence-electron chi connectivity index (χ1n) is 9.18. The minimum Gasteiger partial charge on any atom is -0.485 e. The highest BCUT2D eigenvalue weighted by Crippen LogP contribution is 2.29. The van der Waals surface area contributed by atoms with Gasteiger partial charge < -0.3 is 19.9 Å². The Hall–Kier alpha value is -3.68. The van der Waals surface area contributed by atoms with Crippen molar-refractivity contribution in [1.82, 2.24) is 4.98 Å². The molecule has 0 saturated carbocycles. The SMILES string of the molecule is CCOC(=O)COc1ccc(-c2cnc(N)c(OCc3c(F)cccc3F)c2)cc1. The number of hydrogen-bond acceptors (Lipinski definition) is 6. The van der Waals surface area contributed by atoms with Gasteiger partial charge >= 0.3 is 5.97 Å². The van der Waals surface area contributed by atoms with Gasteiger partial charge in [0.1, 0.15) is 24.0 Å². The summed E-state index contributed by atoms with van der Waals surface area (Å²) >= 11 is 0. The van der Waals surface area contributed by atoms with Crippen LogP contribution in [0.3, 0.4) is 0 Å². The number of aromatic nitrogens is 1. The number of rotatable bonds is 8. The molecular formula is C22H20F2N2O4. The molecule has 3 rings (SSSR count). The lowest BCUT2D eigenvalue weighted by Gasteiger charge is -2.12. The number of carbonyl (C=O) groups excluding carboxylic acids is 1. The monoisotopic (exact) mass is 414 g/mol. The van der Waals surface area contributed by atoms with Gasteiger partial charge in [0.15, 0.2) is 18.2 Å². The summed E-state index contributed by atoms with van der Waals surface area (Å²) in [6.07, 6.45) is 1.56. The zero-order valence-electron chi connectivity index (χ0n) is 16.2. The van der Waals surface area contributed by atoms with Crippen LogP contribution in [0.2, 0.25) is 0 Å². The lowest BCUT2D eigenvalue weighted by molar-refractivity contribution is -0.145. The van der Waals surface area contributed by atoms with Crippen molar-refractivity contribution in [2.24, 2.45) is 0 Å². The molecule has 2 aromatic carbocycles. The molecule has 8 heteroatoms.